The fourth-order valence-corrected chi connectivity index (χ4v) is 2.64. The zero-order valence-electron chi connectivity index (χ0n) is 12.6. The Labute approximate surface area is 148 Å². The third kappa shape index (κ3) is 4.95. The number of ether oxygens (including phenoxy) is 1. The van der Waals surface area contributed by atoms with Gasteiger partial charge < -0.3 is 15.4 Å². The Balaban J connectivity index is 1.84. The van der Waals surface area contributed by atoms with E-state index in [0.717, 1.165) is 14.9 Å². The number of carbonyl (C=O) groups excluding carboxylic acids is 2. The molecule has 2 aromatic carbocycles. The second-order valence-electron chi connectivity index (χ2n) is 4.75. The highest BCUT2D eigenvalue weighted by atomic mass is 127. The van der Waals surface area contributed by atoms with E-state index < -0.39 is 0 Å². The number of benzene rings is 2. The highest BCUT2D eigenvalue weighted by molar-refractivity contribution is 14.1. The van der Waals surface area contributed by atoms with Crippen LogP contribution < -0.4 is 15.4 Å². The molecule has 0 saturated heterocycles. The van der Waals surface area contributed by atoms with Crippen LogP contribution in [-0.4, -0.2) is 25.5 Å². The first-order chi connectivity index (χ1) is 11.1. The molecule has 6 heteroatoms. The van der Waals surface area contributed by atoms with Gasteiger partial charge in [-0.05, 0) is 40.8 Å². The number of halogens is 1. The maximum Gasteiger partial charge on any atom is 0.252 e. The summed E-state index contributed by atoms with van der Waals surface area (Å²) in [5, 5.41) is 5.38. The molecule has 0 bridgehead atoms. The van der Waals surface area contributed by atoms with Crippen LogP contribution in [0.2, 0.25) is 0 Å². The number of para-hydroxylation sites is 1. The summed E-state index contributed by atoms with van der Waals surface area (Å²) in [7, 11) is 1.59. The molecule has 0 heterocycles. The van der Waals surface area contributed by atoms with Gasteiger partial charge in [0.15, 0.2) is 0 Å². The quantitative estimate of drug-likeness (QED) is 0.700. The van der Waals surface area contributed by atoms with Crippen LogP contribution in [0.25, 0.3) is 0 Å². The van der Waals surface area contributed by atoms with Crippen molar-refractivity contribution in [3.63, 3.8) is 0 Å². The van der Waals surface area contributed by atoms with E-state index in [-0.39, 0.29) is 18.4 Å². The van der Waals surface area contributed by atoms with E-state index in [1.807, 2.05) is 36.4 Å². The number of hydrogen-bond acceptors (Lipinski definition) is 3. The van der Waals surface area contributed by atoms with Crippen LogP contribution in [0, 0.1) is 3.57 Å². The van der Waals surface area contributed by atoms with E-state index >= 15 is 0 Å². The van der Waals surface area contributed by atoms with Crippen molar-refractivity contribution in [2.45, 2.75) is 6.54 Å². The lowest BCUT2D eigenvalue weighted by Gasteiger charge is -2.10. The summed E-state index contributed by atoms with van der Waals surface area (Å²) in [4.78, 5) is 23.9. The number of rotatable bonds is 6. The van der Waals surface area contributed by atoms with E-state index in [1.165, 1.54) is 0 Å². The average Bonchev–Trinajstić information content (AvgIpc) is 2.58. The largest absolute Gasteiger partial charge is 0.496 e. The summed E-state index contributed by atoms with van der Waals surface area (Å²) in [6, 6.07) is 14.7. The Morgan fingerprint density at radius 2 is 1.74 bits per heavy atom. The first-order valence-electron chi connectivity index (χ1n) is 7.03. The van der Waals surface area contributed by atoms with Gasteiger partial charge in [0.1, 0.15) is 5.75 Å². The van der Waals surface area contributed by atoms with Gasteiger partial charge >= 0.3 is 0 Å². The van der Waals surface area contributed by atoms with Crippen molar-refractivity contribution in [3.05, 3.63) is 63.2 Å². The Morgan fingerprint density at radius 3 is 2.48 bits per heavy atom. The number of hydrogen-bond donors (Lipinski definition) is 2. The first-order valence-corrected chi connectivity index (χ1v) is 8.11. The summed E-state index contributed by atoms with van der Waals surface area (Å²) >= 11 is 2.09. The summed E-state index contributed by atoms with van der Waals surface area (Å²) in [6.45, 7) is 0.278. The number of carbonyl (C=O) groups is 2. The molecule has 2 rings (SSSR count). The molecule has 0 aliphatic rings. The predicted octanol–water partition coefficient (Wildman–Crippen LogP) is 2.35. The minimum atomic E-state index is -0.262. The smallest absolute Gasteiger partial charge is 0.252 e. The summed E-state index contributed by atoms with van der Waals surface area (Å²) in [5.41, 5.74) is 1.44. The first kappa shape index (κ1) is 17.3. The molecule has 0 aromatic heterocycles. The molecule has 120 valence electrons. The summed E-state index contributed by atoms with van der Waals surface area (Å²) < 4.78 is 6.07. The minimum absolute atomic E-state index is 0.0705. The van der Waals surface area contributed by atoms with E-state index in [2.05, 4.69) is 33.2 Å². The zero-order chi connectivity index (χ0) is 16.7. The van der Waals surface area contributed by atoms with Crippen LogP contribution in [0.1, 0.15) is 15.9 Å². The Morgan fingerprint density at radius 1 is 1.04 bits per heavy atom. The van der Waals surface area contributed by atoms with Gasteiger partial charge in [0.25, 0.3) is 5.91 Å². The molecule has 0 fully saturated rings. The van der Waals surface area contributed by atoms with Crippen LogP contribution in [0.4, 0.5) is 0 Å². The molecule has 0 aliphatic carbocycles. The van der Waals surface area contributed by atoms with Gasteiger partial charge in [0, 0.05) is 15.7 Å². The zero-order valence-corrected chi connectivity index (χ0v) is 14.8. The van der Waals surface area contributed by atoms with Gasteiger partial charge in [-0.2, -0.15) is 0 Å². The van der Waals surface area contributed by atoms with E-state index in [1.54, 1.807) is 19.2 Å². The van der Waals surface area contributed by atoms with Crippen molar-refractivity contribution >= 4 is 34.4 Å². The standard InChI is InChI=1S/C17H17IN2O3/c1-23-15-9-5-2-6-12(15)10-19-16(21)11-20-17(22)13-7-3-4-8-14(13)18/h2-9H,10-11H2,1H3,(H,19,21)(H,20,22). The SMILES string of the molecule is COc1ccccc1CNC(=O)CNC(=O)c1ccccc1I. The highest BCUT2D eigenvalue weighted by Gasteiger charge is 2.11. The summed E-state index contributed by atoms with van der Waals surface area (Å²) in [6.07, 6.45) is 0. The van der Waals surface area contributed by atoms with Crippen molar-refractivity contribution < 1.29 is 14.3 Å². The lowest BCUT2D eigenvalue weighted by atomic mass is 10.2. The molecular weight excluding hydrogens is 407 g/mol. The Bertz CT molecular complexity index is 704. The molecule has 23 heavy (non-hydrogen) atoms. The molecule has 0 saturated carbocycles. The average molecular weight is 424 g/mol. The van der Waals surface area contributed by atoms with Crippen molar-refractivity contribution in [2.75, 3.05) is 13.7 Å². The van der Waals surface area contributed by atoms with Crippen LogP contribution in [-0.2, 0) is 11.3 Å². The van der Waals surface area contributed by atoms with Gasteiger partial charge in [0.05, 0.1) is 19.2 Å². The lowest BCUT2D eigenvalue weighted by molar-refractivity contribution is -0.120. The molecule has 2 N–H and O–H groups in total. The van der Waals surface area contributed by atoms with Gasteiger partial charge in [-0.3, -0.25) is 9.59 Å². The molecule has 0 radical (unpaired) electrons. The van der Waals surface area contributed by atoms with E-state index in [0.29, 0.717) is 12.1 Å². The van der Waals surface area contributed by atoms with E-state index in [4.69, 9.17) is 4.74 Å². The second-order valence-corrected chi connectivity index (χ2v) is 5.91. The van der Waals surface area contributed by atoms with Gasteiger partial charge in [0.2, 0.25) is 5.91 Å². The molecule has 0 unspecified atom stereocenters. The van der Waals surface area contributed by atoms with Crippen molar-refractivity contribution in [1.29, 1.82) is 0 Å². The number of amides is 2. The number of nitrogens with one attached hydrogen (secondary N) is 2. The molecule has 0 atom stereocenters. The van der Waals surface area contributed by atoms with Crippen molar-refractivity contribution in [1.82, 2.24) is 10.6 Å². The maximum atomic E-state index is 12.0. The molecule has 2 aromatic rings. The topological polar surface area (TPSA) is 67.4 Å². The fraction of sp³-hybridized carbons (Fsp3) is 0.176. The van der Waals surface area contributed by atoms with Crippen LogP contribution in [0.3, 0.4) is 0 Å². The van der Waals surface area contributed by atoms with Crippen LogP contribution >= 0.6 is 22.6 Å². The van der Waals surface area contributed by atoms with Gasteiger partial charge in [-0.25, -0.2) is 0 Å². The molecular formula is C17H17IN2O3. The highest BCUT2D eigenvalue weighted by Crippen LogP contribution is 2.16. The number of methoxy groups -OCH3 is 1. The molecule has 2 amide bonds. The van der Waals surface area contributed by atoms with Crippen molar-refractivity contribution in [3.8, 4) is 5.75 Å². The normalized spacial score (nSPS) is 10.0. The molecule has 0 spiro atoms. The lowest BCUT2D eigenvalue weighted by Crippen LogP contribution is -2.36. The second kappa shape index (κ2) is 8.52. The minimum Gasteiger partial charge on any atom is -0.496 e. The summed E-state index contributed by atoms with van der Waals surface area (Å²) in [5.74, 6) is 0.202. The third-order valence-electron chi connectivity index (χ3n) is 3.20. The van der Waals surface area contributed by atoms with Crippen LogP contribution in [0.15, 0.2) is 48.5 Å². The molecule has 0 aliphatic heterocycles. The maximum absolute atomic E-state index is 12.0. The fourth-order valence-electron chi connectivity index (χ4n) is 2.01. The predicted molar refractivity (Wildman–Crippen MR) is 96.3 cm³/mol. The van der Waals surface area contributed by atoms with Gasteiger partial charge in [-0.15, -0.1) is 0 Å². The van der Waals surface area contributed by atoms with Crippen molar-refractivity contribution in [2.24, 2.45) is 0 Å². The van der Waals surface area contributed by atoms with E-state index in [9.17, 15) is 9.59 Å². The van der Waals surface area contributed by atoms with Crippen LogP contribution in [0.5, 0.6) is 5.75 Å². The monoisotopic (exact) mass is 424 g/mol. The Kier molecular flexibility index (Phi) is 6.40. The van der Waals surface area contributed by atoms with Gasteiger partial charge in [-0.1, -0.05) is 30.3 Å². The Hall–Kier alpha value is -2.09. The third-order valence-corrected chi connectivity index (χ3v) is 4.14. The molecule has 5 nitrogen and oxygen atoms in total.